The highest BCUT2D eigenvalue weighted by Crippen LogP contribution is 2.33. The second-order valence-electron chi connectivity index (χ2n) is 4.77. The van der Waals surface area contributed by atoms with E-state index in [9.17, 15) is 18.0 Å². The van der Waals surface area contributed by atoms with Gasteiger partial charge in [-0.1, -0.05) is 23.7 Å². The SMILES string of the molecule is O=C(O)CCc1ccc(Oc2cccc(C(F)(F)F)c2)cc1Cl. The van der Waals surface area contributed by atoms with Crippen LogP contribution in [0.5, 0.6) is 11.5 Å². The summed E-state index contributed by atoms with van der Waals surface area (Å²) >= 11 is 6.03. The lowest BCUT2D eigenvalue weighted by Gasteiger charge is -2.11. The fourth-order valence-electron chi connectivity index (χ4n) is 1.91. The van der Waals surface area contributed by atoms with Gasteiger partial charge in [-0.15, -0.1) is 0 Å². The number of aliphatic carboxylic acids is 1. The average molecular weight is 345 g/mol. The summed E-state index contributed by atoms with van der Waals surface area (Å²) in [6, 6.07) is 9.07. The number of carboxylic acid groups (broad SMARTS) is 1. The van der Waals surface area contributed by atoms with Crippen molar-refractivity contribution in [2.45, 2.75) is 19.0 Å². The minimum absolute atomic E-state index is 0.0363. The van der Waals surface area contributed by atoms with E-state index in [1.807, 2.05) is 0 Å². The van der Waals surface area contributed by atoms with Crippen molar-refractivity contribution in [2.24, 2.45) is 0 Å². The molecule has 7 heteroatoms. The first-order valence-electron chi connectivity index (χ1n) is 6.61. The van der Waals surface area contributed by atoms with Gasteiger partial charge in [0.1, 0.15) is 11.5 Å². The third-order valence-electron chi connectivity index (χ3n) is 3.03. The number of aryl methyl sites for hydroxylation is 1. The molecule has 0 fully saturated rings. The Morgan fingerprint density at radius 3 is 2.43 bits per heavy atom. The van der Waals surface area contributed by atoms with Crippen LogP contribution in [-0.2, 0) is 17.4 Å². The van der Waals surface area contributed by atoms with Crippen molar-refractivity contribution in [3.05, 3.63) is 58.6 Å². The molecule has 0 atom stereocenters. The van der Waals surface area contributed by atoms with Gasteiger partial charge in [-0.05, 0) is 42.3 Å². The molecule has 0 aliphatic carbocycles. The van der Waals surface area contributed by atoms with Crippen LogP contribution in [0.3, 0.4) is 0 Å². The third kappa shape index (κ3) is 4.89. The number of hydrogen-bond acceptors (Lipinski definition) is 2. The maximum Gasteiger partial charge on any atom is 0.416 e. The average Bonchev–Trinajstić information content (AvgIpc) is 2.45. The topological polar surface area (TPSA) is 46.5 Å². The zero-order valence-electron chi connectivity index (χ0n) is 11.7. The molecule has 0 saturated heterocycles. The Labute approximate surface area is 135 Å². The van der Waals surface area contributed by atoms with Crippen molar-refractivity contribution in [3.63, 3.8) is 0 Å². The van der Waals surface area contributed by atoms with Gasteiger partial charge in [0, 0.05) is 11.4 Å². The molecule has 2 aromatic rings. The second kappa shape index (κ2) is 6.91. The summed E-state index contributed by atoms with van der Waals surface area (Å²) in [7, 11) is 0. The number of benzene rings is 2. The summed E-state index contributed by atoms with van der Waals surface area (Å²) in [5, 5.41) is 8.95. The number of carboxylic acids is 1. The van der Waals surface area contributed by atoms with Gasteiger partial charge >= 0.3 is 12.1 Å². The standard InChI is InChI=1S/C16H12ClF3O3/c17-14-9-13(6-4-10(14)5-7-15(21)22)23-12-3-1-2-11(8-12)16(18,19)20/h1-4,6,8-9H,5,7H2,(H,21,22). The second-order valence-corrected chi connectivity index (χ2v) is 5.18. The van der Waals surface area contributed by atoms with Crippen molar-refractivity contribution in [1.29, 1.82) is 0 Å². The number of hydrogen-bond donors (Lipinski definition) is 1. The quantitative estimate of drug-likeness (QED) is 0.814. The van der Waals surface area contributed by atoms with Crippen LogP contribution in [0.2, 0.25) is 5.02 Å². The summed E-state index contributed by atoms with van der Waals surface area (Å²) in [5.41, 5.74) is -0.176. The molecule has 3 nitrogen and oxygen atoms in total. The van der Waals surface area contributed by atoms with Crippen LogP contribution in [0.25, 0.3) is 0 Å². The lowest BCUT2D eigenvalue weighted by Crippen LogP contribution is -2.04. The number of rotatable bonds is 5. The lowest BCUT2D eigenvalue weighted by molar-refractivity contribution is -0.138. The van der Waals surface area contributed by atoms with Crippen LogP contribution in [0, 0.1) is 0 Å². The number of halogens is 4. The van der Waals surface area contributed by atoms with Crippen LogP contribution >= 0.6 is 11.6 Å². The van der Waals surface area contributed by atoms with Gasteiger partial charge in [-0.2, -0.15) is 13.2 Å². The Kier molecular flexibility index (Phi) is 5.15. The van der Waals surface area contributed by atoms with Gasteiger partial charge in [0.2, 0.25) is 0 Å². The molecule has 0 aromatic heterocycles. The molecule has 0 radical (unpaired) electrons. The van der Waals surface area contributed by atoms with Gasteiger partial charge < -0.3 is 9.84 Å². The fraction of sp³-hybridized carbons (Fsp3) is 0.188. The molecule has 0 aliphatic heterocycles. The summed E-state index contributed by atoms with van der Waals surface area (Å²) in [4.78, 5) is 10.5. The van der Waals surface area contributed by atoms with Crippen molar-refractivity contribution in [1.82, 2.24) is 0 Å². The highest BCUT2D eigenvalue weighted by molar-refractivity contribution is 6.31. The van der Waals surface area contributed by atoms with E-state index in [-0.39, 0.29) is 24.3 Å². The normalized spacial score (nSPS) is 11.3. The van der Waals surface area contributed by atoms with Crippen LogP contribution in [0.1, 0.15) is 17.5 Å². The number of ether oxygens (including phenoxy) is 1. The summed E-state index contributed by atoms with van der Waals surface area (Å²) < 4.78 is 43.3. The van der Waals surface area contributed by atoms with Gasteiger partial charge in [-0.25, -0.2) is 0 Å². The van der Waals surface area contributed by atoms with Gasteiger partial charge in [0.25, 0.3) is 0 Å². The smallest absolute Gasteiger partial charge is 0.416 e. The highest BCUT2D eigenvalue weighted by atomic mass is 35.5. The molecule has 0 aliphatic rings. The van der Waals surface area contributed by atoms with Crippen molar-refractivity contribution < 1.29 is 27.8 Å². The molecule has 2 rings (SSSR count). The predicted molar refractivity (Wildman–Crippen MR) is 78.9 cm³/mol. The fourth-order valence-corrected chi connectivity index (χ4v) is 2.17. The zero-order chi connectivity index (χ0) is 17.0. The number of carbonyl (C=O) groups is 1. The molecule has 0 bridgehead atoms. The van der Waals surface area contributed by atoms with E-state index < -0.39 is 17.7 Å². The first-order valence-corrected chi connectivity index (χ1v) is 6.99. The molecule has 0 heterocycles. The minimum atomic E-state index is -4.45. The van der Waals surface area contributed by atoms with E-state index in [4.69, 9.17) is 21.4 Å². The molecule has 23 heavy (non-hydrogen) atoms. The van der Waals surface area contributed by atoms with Crippen molar-refractivity contribution >= 4 is 17.6 Å². The van der Waals surface area contributed by atoms with E-state index in [0.29, 0.717) is 10.6 Å². The summed E-state index contributed by atoms with van der Waals surface area (Å²) in [5.74, 6) is -0.632. The van der Waals surface area contributed by atoms with E-state index >= 15 is 0 Å². The molecule has 0 spiro atoms. The van der Waals surface area contributed by atoms with E-state index in [1.54, 1.807) is 6.07 Å². The van der Waals surface area contributed by atoms with E-state index in [2.05, 4.69) is 0 Å². The Bertz CT molecular complexity index is 714. The molecule has 0 amide bonds. The maximum atomic E-state index is 12.6. The monoisotopic (exact) mass is 344 g/mol. The summed E-state index contributed by atoms with van der Waals surface area (Å²) in [6.45, 7) is 0. The largest absolute Gasteiger partial charge is 0.481 e. The van der Waals surface area contributed by atoms with Crippen LogP contribution < -0.4 is 4.74 Å². The zero-order valence-corrected chi connectivity index (χ0v) is 12.5. The van der Waals surface area contributed by atoms with Gasteiger partial charge in [-0.3, -0.25) is 4.79 Å². The molecule has 1 N–H and O–H groups in total. The number of alkyl halides is 3. The van der Waals surface area contributed by atoms with Crippen LogP contribution in [-0.4, -0.2) is 11.1 Å². The first kappa shape index (κ1) is 17.1. The van der Waals surface area contributed by atoms with Crippen molar-refractivity contribution in [2.75, 3.05) is 0 Å². The third-order valence-corrected chi connectivity index (χ3v) is 3.38. The molecule has 122 valence electrons. The molecular formula is C16H12ClF3O3. The first-order chi connectivity index (χ1) is 10.8. The Morgan fingerprint density at radius 1 is 1.13 bits per heavy atom. The molecule has 0 saturated carbocycles. The van der Waals surface area contributed by atoms with Crippen molar-refractivity contribution in [3.8, 4) is 11.5 Å². The maximum absolute atomic E-state index is 12.6. The Balaban J connectivity index is 2.15. The molecular weight excluding hydrogens is 333 g/mol. The van der Waals surface area contributed by atoms with Crippen LogP contribution in [0.4, 0.5) is 13.2 Å². The highest BCUT2D eigenvalue weighted by Gasteiger charge is 2.30. The lowest BCUT2D eigenvalue weighted by atomic mass is 10.1. The van der Waals surface area contributed by atoms with E-state index in [0.717, 1.165) is 12.1 Å². The predicted octanol–water partition coefficient (Wildman–Crippen LogP) is 5.17. The van der Waals surface area contributed by atoms with Gasteiger partial charge in [0.05, 0.1) is 5.56 Å². The van der Waals surface area contributed by atoms with Crippen LogP contribution in [0.15, 0.2) is 42.5 Å². The minimum Gasteiger partial charge on any atom is -0.481 e. The van der Waals surface area contributed by atoms with E-state index in [1.165, 1.54) is 24.3 Å². The Morgan fingerprint density at radius 2 is 1.83 bits per heavy atom. The van der Waals surface area contributed by atoms with Gasteiger partial charge in [0.15, 0.2) is 0 Å². The summed E-state index contributed by atoms with van der Waals surface area (Å²) in [6.07, 6.45) is -4.25. The molecule has 0 unspecified atom stereocenters. The Hall–Kier alpha value is -2.21. The molecule has 2 aromatic carbocycles.